The maximum atomic E-state index is 12.3. The summed E-state index contributed by atoms with van der Waals surface area (Å²) in [5, 5.41) is 2.96. The van der Waals surface area contributed by atoms with Crippen molar-refractivity contribution in [1.29, 1.82) is 0 Å². The lowest BCUT2D eigenvalue weighted by Gasteiger charge is -2.24. The van der Waals surface area contributed by atoms with Crippen LogP contribution in [0.2, 0.25) is 0 Å². The average molecular weight is 273 g/mol. The monoisotopic (exact) mass is 273 g/mol. The normalized spacial score (nSPS) is 27.2. The molecule has 0 aromatic heterocycles. The van der Waals surface area contributed by atoms with Crippen LogP contribution in [0.25, 0.3) is 0 Å². The maximum absolute atomic E-state index is 12.3. The number of nitrogens with one attached hydrogen (secondary N) is 1. The number of hydrogen-bond acceptors (Lipinski definition) is 3. The third-order valence-electron chi connectivity index (χ3n) is 4.84. The van der Waals surface area contributed by atoms with Crippen molar-refractivity contribution in [3.63, 3.8) is 0 Å². The fourth-order valence-electron chi connectivity index (χ4n) is 3.62. The van der Waals surface area contributed by atoms with Crippen LogP contribution in [0.5, 0.6) is 0 Å². The number of nitrogens with zero attached hydrogens (tertiary/aromatic N) is 1. The molecule has 0 bridgehead atoms. The summed E-state index contributed by atoms with van der Waals surface area (Å²) in [4.78, 5) is 14.7. The van der Waals surface area contributed by atoms with E-state index < -0.39 is 0 Å². The first kappa shape index (κ1) is 13.4. The number of likely N-dealkylation sites (tertiary alicyclic amines) is 1. The molecule has 3 unspecified atom stereocenters. The summed E-state index contributed by atoms with van der Waals surface area (Å²) < 4.78 is 0. The molecular weight excluding hydrogens is 250 g/mol. The Hall–Kier alpha value is -1.55. The first-order chi connectivity index (χ1) is 9.63. The molecule has 0 spiro atoms. The highest BCUT2D eigenvalue weighted by Gasteiger charge is 2.39. The van der Waals surface area contributed by atoms with Crippen molar-refractivity contribution in [3.8, 4) is 0 Å². The van der Waals surface area contributed by atoms with Crippen LogP contribution in [0.1, 0.15) is 26.2 Å². The third kappa shape index (κ3) is 2.66. The quantitative estimate of drug-likeness (QED) is 0.831. The Morgan fingerprint density at radius 3 is 2.70 bits per heavy atom. The minimum Gasteiger partial charge on any atom is -0.399 e. The molecule has 0 radical (unpaired) electrons. The maximum Gasteiger partial charge on any atom is 0.241 e. The molecule has 1 saturated heterocycles. The molecule has 1 aromatic carbocycles. The van der Waals surface area contributed by atoms with Crippen molar-refractivity contribution in [2.24, 2.45) is 11.8 Å². The summed E-state index contributed by atoms with van der Waals surface area (Å²) in [5.41, 5.74) is 7.18. The van der Waals surface area contributed by atoms with Crippen molar-refractivity contribution in [1.82, 2.24) is 4.90 Å². The second kappa shape index (κ2) is 5.44. The Morgan fingerprint density at radius 2 is 2.05 bits per heavy atom. The molecule has 3 atom stereocenters. The number of nitrogen functional groups attached to an aromatic ring is 1. The number of benzene rings is 1. The number of fused-ring (bicyclic) bond motifs is 1. The number of anilines is 2. The van der Waals surface area contributed by atoms with Crippen LogP contribution >= 0.6 is 0 Å². The first-order valence-electron chi connectivity index (χ1n) is 7.54. The molecule has 3 rings (SSSR count). The number of carbonyl (C=O) groups excluding carboxylic acids is 1. The van der Waals surface area contributed by atoms with Gasteiger partial charge in [-0.2, -0.15) is 0 Å². The Labute approximate surface area is 120 Å². The van der Waals surface area contributed by atoms with Gasteiger partial charge in [0.2, 0.25) is 5.91 Å². The van der Waals surface area contributed by atoms with Crippen LogP contribution in [-0.2, 0) is 4.79 Å². The smallest absolute Gasteiger partial charge is 0.241 e. The largest absolute Gasteiger partial charge is 0.399 e. The van der Waals surface area contributed by atoms with Gasteiger partial charge in [-0.05, 0) is 49.8 Å². The highest BCUT2D eigenvalue weighted by molar-refractivity contribution is 5.94. The fraction of sp³-hybridized carbons (Fsp3) is 0.562. The summed E-state index contributed by atoms with van der Waals surface area (Å²) in [6.07, 6.45) is 4.04. The van der Waals surface area contributed by atoms with Crippen LogP contribution in [0.4, 0.5) is 11.4 Å². The highest BCUT2D eigenvalue weighted by atomic mass is 16.2. The van der Waals surface area contributed by atoms with Gasteiger partial charge in [0.25, 0.3) is 0 Å². The Balaban J connectivity index is 1.60. The molecule has 1 aromatic rings. The second-order valence-corrected chi connectivity index (χ2v) is 6.20. The Kier molecular flexibility index (Phi) is 3.66. The molecule has 108 valence electrons. The van der Waals surface area contributed by atoms with E-state index in [1.807, 2.05) is 25.1 Å². The van der Waals surface area contributed by atoms with Crippen LogP contribution < -0.4 is 11.1 Å². The Bertz CT molecular complexity index is 490. The highest BCUT2D eigenvalue weighted by Crippen LogP contribution is 2.38. The van der Waals surface area contributed by atoms with Gasteiger partial charge in [-0.1, -0.05) is 12.5 Å². The van der Waals surface area contributed by atoms with E-state index in [0.717, 1.165) is 30.6 Å². The minimum absolute atomic E-state index is 0.0653. The zero-order valence-electron chi connectivity index (χ0n) is 12.0. The van der Waals surface area contributed by atoms with E-state index in [9.17, 15) is 4.79 Å². The van der Waals surface area contributed by atoms with Gasteiger partial charge in [0.15, 0.2) is 0 Å². The Morgan fingerprint density at radius 1 is 1.35 bits per heavy atom. The van der Waals surface area contributed by atoms with Gasteiger partial charge in [0.1, 0.15) is 0 Å². The predicted octanol–water partition coefficient (Wildman–Crippen LogP) is 2.33. The minimum atomic E-state index is -0.0676. The van der Waals surface area contributed by atoms with E-state index in [2.05, 4.69) is 10.2 Å². The number of rotatable bonds is 3. The molecule has 4 nitrogen and oxygen atoms in total. The van der Waals surface area contributed by atoms with Gasteiger partial charge in [-0.3, -0.25) is 9.69 Å². The molecule has 3 N–H and O–H groups in total. The van der Waals surface area contributed by atoms with Gasteiger partial charge < -0.3 is 11.1 Å². The summed E-state index contributed by atoms with van der Waals surface area (Å²) in [6.45, 7) is 4.16. The third-order valence-corrected chi connectivity index (χ3v) is 4.84. The van der Waals surface area contributed by atoms with Crippen molar-refractivity contribution in [2.45, 2.75) is 32.2 Å². The first-order valence-corrected chi connectivity index (χ1v) is 7.54. The van der Waals surface area contributed by atoms with Crippen molar-refractivity contribution < 1.29 is 4.79 Å². The van der Waals surface area contributed by atoms with Crippen LogP contribution in [0.15, 0.2) is 24.3 Å². The van der Waals surface area contributed by atoms with E-state index in [1.54, 1.807) is 6.07 Å². The van der Waals surface area contributed by atoms with Crippen LogP contribution in [0, 0.1) is 11.8 Å². The van der Waals surface area contributed by atoms with Crippen LogP contribution in [-0.4, -0.2) is 29.9 Å². The van der Waals surface area contributed by atoms with E-state index >= 15 is 0 Å². The van der Waals surface area contributed by atoms with Gasteiger partial charge >= 0.3 is 0 Å². The topological polar surface area (TPSA) is 58.4 Å². The number of nitrogens with two attached hydrogens (primary N) is 1. The molecule has 1 heterocycles. The van der Waals surface area contributed by atoms with E-state index in [-0.39, 0.29) is 11.9 Å². The second-order valence-electron chi connectivity index (χ2n) is 6.20. The lowest BCUT2D eigenvalue weighted by atomic mass is 10.0. The number of amides is 1. The van der Waals surface area contributed by atoms with Crippen molar-refractivity contribution in [3.05, 3.63) is 24.3 Å². The average Bonchev–Trinajstić information content (AvgIpc) is 2.98. The van der Waals surface area contributed by atoms with Gasteiger partial charge in [-0.25, -0.2) is 0 Å². The molecule has 20 heavy (non-hydrogen) atoms. The summed E-state index contributed by atoms with van der Waals surface area (Å²) in [6, 6.07) is 7.28. The van der Waals surface area contributed by atoms with Crippen molar-refractivity contribution in [2.75, 3.05) is 24.1 Å². The molecule has 1 amide bonds. The SMILES string of the molecule is CC(C(=O)Nc1cccc(N)c1)N1CC2CCCC2C1. The van der Waals surface area contributed by atoms with E-state index in [0.29, 0.717) is 5.69 Å². The van der Waals surface area contributed by atoms with Gasteiger partial charge in [-0.15, -0.1) is 0 Å². The summed E-state index contributed by atoms with van der Waals surface area (Å²) >= 11 is 0. The molecule has 4 heteroatoms. The molecule has 1 aliphatic heterocycles. The molecule has 1 aliphatic carbocycles. The van der Waals surface area contributed by atoms with E-state index in [1.165, 1.54) is 19.3 Å². The number of carbonyl (C=O) groups is 1. The molecule has 2 aliphatic rings. The van der Waals surface area contributed by atoms with Crippen molar-refractivity contribution >= 4 is 17.3 Å². The zero-order valence-corrected chi connectivity index (χ0v) is 12.0. The molecular formula is C16H23N3O. The van der Waals surface area contributed by atoms with Gasteiger partial charge in [0, 0.05) is 24.5 Å². The fourth-order valence-corrected chi connectivity index (χ4v) is 3.62. The summed E-state index contributed by atoms with van der Waals surface area (Å²) in [7, 11) is 0. The van der Waals surface area contributed by atoms with E-state index in [4.69, 9.17) is 5.73 Å². The molecule has 2 fully saturated rings. The lowest BCUT2D eigenvalue weighted by molar-refractivity contribution is -0.120. The van der Waals surface area contributed by atoms with Crippen LogP contribution in [0.3, 0.4) is 0 Å². The lowest BCUT2D eigenvalue weighted by Crippen LogP contribution is -2.41. The summed E-state index contributed by atoms with van der Waals surface area (Å²) in [5.74, 6) is 1.70. The van der Waals surface area contributed by atoms with Gasteiger partial charge in [0.05, 0.1) is 6.04 Å². The standard InChI is InChI=1S/C16H23N3O/c1-11(19-9-12-4-2-5-13(12)10-19)16(20)18-15-7-3-6-14(17)8-15/h3,6-8,11-13H,2,4-5,9-10,17H2,1H3,(H,18,20). The number of hydrogen-bond donors (Lipinski definition) is 2. The predicted molar refractivity (Wildman–Crippen MR) is 81.4 cm³/mol. The molecule has 1 saturated carbocycles. The zero-order chi connectivity index (χ0) is 14.1.